The molecule has 1 aliphatic rings. The van der Waals surface area contributed by atoms with Crippen molar-refractivity contribution in [2.24, 2.45) is 0 Å². The van der Waals surface area contributed by atoms with Crippen LogP contribution in [0.5, 0.6) is 11.5 Å². The third kappa shape index (κ3) is 2.98. The quantitative estimate of drug-likeness (QED) is 0.617. The lowest BCUT2D eigenvalue weighted by Gasteiger charge is -2.07. The van der Waals surface area contributed by atoms with Gasteiger partial charge in [-0.1, -0.05) is 27.5 Å². The highest BCUT2D eigenvalue weighted by Gasteiger charge is 2.27. The van der Waals surface area contributed by atoms with Gasteiger partial charge >= 0.3 is 0 Å². The van der Waals surface area contributed by atoms with Gasteiger partial charge in [0.15, 0.2) is 11.5 Å². The number of carbonyl (C=O) groups is 1. The van der Waals surface area contributed by atoms with Gasteiger partial charge in [-0.15, -0.1) is 0 Å². The second kappa shape index (κ2) is 6.19. The molecule has 0 bridgehead atoms. The Morgan fingerprint density at radius 2 is 2.00 bits per heavy atom. The fourth-order valence-corrected chi connectivity index (χ4v) is 3.88. The maximum absolute atomic E-state index is 12.3. The van der Waals surface area contributed by atoms with Crippen LogP contribution < -0.4 is 10.1 Å². The number of ether oxygens (including phenoxy) is 1. The second-order valence-electron chi connectivity index (χ2n) is 4.87. The molecule has 7 heteroatoms. The molecule has 3 rings (SSSR count). The maximum Gasteiger partial charge on any atom is 0.256 e. The van der Waals surface area contributed by atoms with E-state index in [1.165, 1.54) is 13.2 Å². The summed E-state index contributed by atoms with van der Waals surface area (Å²) >= 11 is 13.0. The predicted octanol–water partition coefficient (Wildman–Crippen LogP) is 5.07. The molecule has 0 aliphatic carbocycles. The zero-order valence-electron chi connectivity index (χ0n) is 11.8. The smallest absolute Gasteiger partial charge is 0.256 e. The second-order valence-corrected chi connectivity index (χ2v) is 7.05. The number of amides is 1. The molecule has 2 aromatic rings. The molecule has 0 atom stereocenters. The summed E-state index contributed by atoms with van der Waals surface area (Å²) in [5.74, 6) is 0.0126. The van der Waals surface area contributed by atoms with Crippen LogP contribution in [-0.4, -0.2) is 18.1 Å². The van der Waals surface area contributed by atoms with E-state index in [2.05, 4.69) is 37.2 Å². The summed E-state index contributed by atoms with van der Waals surface area (Å²) in [4.78, 5) is 12.3. The normalized spacial score (nSPS) is 14.8. The number of fused-ring (bicyclic) bond motifs is 1. The van der Waals surface area contributed by atoms with Gasteiger partial charge in [0.1, 0.15) is 0 Å². The number of phenolic OH excluding ortho intramolecular Hbond substituents is 1. The molecule has 0 unspecified atom stereocenters. The third-order valence-corrected chi connectivity index (χ3v) is 4.84. The molecule has 0 saturated heterocycles. The molecule has 118 valence electrons. The molecule has 2 aromatic carbocycles. The number of hydrogen-bond acceptors (Lipinski definition) is 3. The molecule has 0 spiro atoms. The Kier molecular flexibility index (Phi) is 4.40. The first-order valence-electron chi connectivity index (χ1n) is 6.49. The number of anilines is 1. The van der Waals surface area contributed by atoms with E-state index in [0.29, 0.717) is 21.8 Å². The van der Waals surface area contributed by atoms with Gasteiger partial charge in [0.05, 0.1) is 17.8 Å². The van der Waals surface area contributed by atoms with Crippen LogP contribution in [0.2, 0.25) is 5.02 Å². The molecule has 1 amide bonds. The minimum atomic E-state index is -0.220. The van der Waals surface area contributed by atoms with Crippen LogP contribution in [0.25, 0.3) is 11.6 Å². The van der Waals surface area contributed by atoms with Crippen molar-refractivity contribution >= 4 is 66.7 Å². The number of halogens is 3. The molecule has 0 aromatic heterocycles. The number of carbonyl (C=O) groups excluding carboxylic acids is 1. The Labute approximate surface area is 154 Å². The van der Waals surface area contributed by atoms with Gasteiger partial charge in [0.2, 0.25) is 0 Å². The third-order valence-electron chi connectivity index (χ3n) is 3.43. The number of benzene rings is 2. The van der Waals surface area contributed by atoms with Crippen molar-refractivity contribution in [3.63, 3.8) is 0 Å². The highest BCUT2D eigenvalue weighted by molar-refractivity contribution is 9.11. The molecule has 0 radical (unpaired) electrons. The maximum atomic E-state index is 12.3. The first-order chi connectivity index (χ1) is 10.9. The summed E-state index contributed by atoms with van der Waals surface area (Å²) in [7, 11) is 1.45. The average Bonchev–Trinajstić information content (AvgIpc) is 2.79. The van der Waals surface area contributed by atoms with Crippen molar-refractivity contribution in [1.29, 1.82) is 0 Å². The minimum absolute atomic E-state index is 0.0542. The summed E-state index contributed by atoms with van der Waals surface area (Å²) in [5, 5.41) is 12.9. The van der Waals surface area contributed by atoms with Gasteiger partial charge in [-0.05, 0) is 45.8 Å². The van der Waals surface area contributed by atoms with E-state index in [1.807, 2.05) is 12.1 Å². The number of methoxy groups -OCH3 is 1. The van der Waals surface area contributed by atoms with Gasteiger partial charge in [-0.25, -0.2) is 0 Å². The molecule has 2 N–H and O–H groups in total. The van der Waals surface area contributed by atoms with Crippen LogP contribution in [0.3, 0.4) is 0 Å². The molecular weight excluding hydrogens is 449 g/mol. The number of phenols is 1. The van der Waals surface area contributed by atoms with Crippen LogP contribution in [0, 0.1) is 0 Å². The fraction of sp³-hybridized carbons (Fsp3) is 0.0625. The van der Waals surface area contributed by atoms with E-state index in [9.17, 15) is 9.90 Å². The van der Waals surface area contributed by atoms with Crippen LogP contribution in [0.15, 0.2) is 33.2 Å². The summed E-state index contributed by atoms with van der Waals surface area (Å²) in [6, 6.07) is 6.69. The summed E-state index contributed by atoms with van der Waals surface area (Å²) in [5.41, 5.74) is 2.54. The molecule has 4 nitrogen and oxygen atoms in total. The fourth-order valence-electron chi connectivity index (χ4n) is 2.35. The molecular formula is C16H10Br2ClNO3. The van der Waals surface area contributed by atoms with Crippen LogP contribution in [0.1, 0.15) is 11.1 Å². The van der Waals surface area contributed by atoms with Crippen molar-refractivity contribution in [1.82, 2.24) is 0 Å². The van der Waals surface area contributed by atoms with E-state index in [-0.39, 0.29) is 17.4 Å². The number of nitrogens with one attached hydrogen (secondary N) is 1. The van der Waals surface area contributed by atoms with Gasteiger partial charge in [0.25, 0.3) is 5.91 Å². The zero-order valence-corrected chi connectivity index (χ0v) is 15.7. The number of hydrogen-bond donors (Lipinski definition) is 2. The predicted molar refractivity (Wildman–Crippen MR) is 98.0 cm³/mol. The summed E-state index contributed by atoms with van der Waals surface area (Å²) in [6.45, 7) is 0. The highest BCUT2D eigenvalue weighted by atomic mass is 79.9. The number of aromatic hydroxyl groups is 1. The zero-order chi connectivity index (χ0) is 16.7. The van der Waals surface area contributed by atoms with Crippen molar-refractivity contribution in [3.8, 4) is 11.5 Å². The first-order valence-corrected chi connectivity index (χ1v) is 8.46. The van der Waals surface area contributed by atoms with Crippen LogP contribution >= 0.6 is 43.5 Å². The van der Waals surface area contributed by atoms with E-state index in [4.69, 9.17) is 16.3 Å². The first kappa shape index (κ1) is 16.4. The summed E-state index contributed by atoms with van der Waals surface area (Å²) < 4.78 is 6.72. The monoisotopic (exact) mass is 457 g/mol. The van der Waals surface area contributed by atoms with E-state index < -0.39 is 0 Å². The van der Waals surface area contributed by atoms with Gasteiger partial charge < -0.3 is 15.2 Å². The Morgan fingerprint density at radius 1 is 1.26 bits per heavy atom. The van der Waals surface area contributed by atoms with E-state index in [0.717, 1.165) is 14.5 Å². The summed E-state index contributed by atoms with van der Waals surface area (Å²) in [6.07, 6.45) is 1.67. The Hall–Kier alpha value is -1.50. The Balaban J connectivity index is 2.17. The van der Waals surface area contributed by atoms with Crippen molar-refractivity contribution < 1.29 is 14.6 Å². The van der Waals surface area contributed by atoms with E-state index >= 15 is 0 Å². The van der Waals surface area contributed by atoms with Crippen molar-refractivity contribution in [2.75, 3.05) is 12.4 Å². The van der Waals surface area contributed by atoms with Gasteiger partial charge in [-0.3, -0.25) is 4.79 Å². The topological polar surface area (TPSA) is 58.6 Å². The standard InChI is InChI=1S/C16H10Br2ClNO3/c1-23-14-3-7(12(19)6-13(14)21)2-10-9-4-8(17)5-11(18)15(9)20-16(10)22/h2-6,21H,1H3,(H,20,22)/b10-2-. The Bertz CT molecular complexity index is 865. The average molecular weight is 460 g/mol. The Morgan fingerprint density at radius 3 is 2.70 bits per heavy atom. The SMILES string of the molecule is COc1cc(/C=C2\C(=O)Nc3c(Br)cc(Br)cc32)c(Cl)cc1O. The minimum Gasteiger partial charge on any atom is -0.504 e. The van der Waals surface area contributed by atoms with Crippen molar-refractivity contribution in [2.45, 2.75) is 0 Å². The molecule has 23 heavy (non-hydrogen) atoms. The molecule has 1 aliphatic heterocycles. The highest BCUT2D eigenvalue weighted by Crippen LogP contribution is 2.42. The lowest BCUT2D eigenvalue weighted by molar-refractivity contribution is -0.110. The van der Waals surface area contributed by atoms with Gasteiger partial charge in [0, 0.05) is 26.1 Å². The lowest BCUT2D eigenvalue weighted by atomic mass is 10.0. The van der Waals surface area contributed by atoms with Crippen molar-refractivity contribution in [3.05, 3.63) is 49.4 Å². The van der Waals surface area contributed by atoms with Gasteiger partial charge in [-0.2, -0.15) is 0 Å². The molecule has 1 heterocycles. The van der Waals surface area contributed by atoms with Crippen LogP contribution in [-0.2, 0) is 4.79 Å². The molecule has 0 fully saturated rings. The molecule has 0 saturated carbocycles. The van der Waals surface area contributed by atoms with Crippen LogP contribution in [0.4, 0.5) is 5.69 Å². The van der Waals surface area contributed by atoms with E-state index in [1.54, 1.807) is 12.1 Å². The number of rotatable bonds is 2. The largest absolute Gasteiger partial charge is 0.504 e. The lowest BCUT2D eigenvalue weighted by Crippen LogP contribution is -2.03.